The van der Waals surface area contributed by atoms with Crippen LogP contribution >= 0.6 is 0 Å². The van der Waals surface area contributed by atoms with E-state index in [1.165, 1.54) is 5.69 Å². The maximum atomic E-state index is 8.72. The van der Waals surface area contributed by atoms with Gasteiger partial charge in [-0.05, 0) is 32.9 Å². The van der Waals surface area contributed by atoms with Crippen molar-refractivity contribution in [2.75, 3.05) is 24.5 Å². The maximum absolute atomic E-state index is 8.72. The number of nitrogens with zero attached hydrogens (tertiary/aromatic N) is 2. The minimum Gasteiger partial charge on any atom is -0.369 e. The molecule has 1 aromatic rings. The molecule has 0 amide bonds. The molecule has 0 aliphatic rings. The normalized spacial score (nSPS) is 11.0. The van der Waals surface area contributed by atoms with Gasteiger partial charge < -0.3 is 10.2 Å². The molecular formula is C15H23N3. The molecule has 0 saturated carbocycles. The molecule has 3 nitrogen and oxygen atoms in total. The number of nitrogens with one attached hydrogen (secondary N) is 1. The van der Waals surface area contributed by atoms with Crippen molar-refractivity contribution in [3.05, 3.63) is 30.3 Å². The highest BCUT2D eigenvalue weighted by atomic mass is 15.1. The van der Waals surface area contributed by atoms with Gasteiger partial charge in [0.2, 0.25) is 0 Å². The van der Waals surface area contributed by atoms with Crippen LogP contribution in [0.1, 0.15) is 27.2 Å². The monoisotopic (exact) mass is 245 g/mol. The highest BCUT2D eigenvalue weighted by Gasteiger charge is 2.10. The molecule has 18 heavy (non-hydrogen) atoms. The van der Waals surface area contributed by atoms with Gasteiger partial charge in [-0.25, -0.2) is 0 Å². The SMILES string of the molecule is CC(C)(C)NCCN(CCC#N)c1ccccc1. The zero-order valence-electron chi connectivity index (χ0n) is 11.6. The van der Waals surface area contributed by atoms with Crippen molar-refractivity contribution in [2.45, 2.75) is 32.7 Å². The van der Waals surface area contributed by atoms with Gasteiger partial charge in [0.1, 0.15) is 0 Å². The predicted octanol–water partition coefficient (Wildman–Crippen LogP) is 2.79. The molecule has 1 aromatic carbocycles. The molecule has 0 atom stereocenters. The number of nitriles is 1. The molecule has 0 bridgehead atoms. The largest absolute Gasteiger partial charge is 0.369 e. The predicted molar refractivity (Wildman–Crippen MR) is 76.6 cm³/mol. The molecule has 0 aromatic heterocycles. The van der Waals surface area contributed by atoms with E-state index in [2.05, 4.69) is 49.2 Å². The number of rotatable bonds is 6. The van der Waals surface area contributed by atoms with E-state index in [1.54, 1.807) is 0 Å². The first-order valence-corrected chi connectivity index (χ1v) is 6.45. The van der Waals surface area contributed by atoms with Crippen molar-refractivity contribution in [1.82, 2.24) is 5.32 Å². The fraction of sp³-hybridized carbons (Fsp3) is 0.533. The summed E-state index contributed by atoms with van der Waals surface area (Å²) in [5.74, 6) is 0. The van der Waals surface area contributed by atoms with E-state index in [9.17, 15) is 0 Å². The number of benzene rings is 1. The zero-order valence-corrected chi connectivity index (χ0v) is 11.6. The van der Waals surface area contributed by atoms with Crippen LogP contribution < -0.4 is 10.2 Å². The van der Waals surface area contributed by atoms with Gasteiger partial charge in [-0.2, -0.15) is 5.26 Å². The summed E-state index contributed by atoms with van der Waals surface area (Å²) in [6.07, 6.45) is 0.560. The first kappa shape index (κ1) is 14.5. The van der Waals surface area contributed by atoms with Crippen molar-refractivity contribution in [1.29, 1.82) is 5.26 Å². The van der Waals surface area contributed by atoms with Crippen LogP contribution in [0.25, 0.3) is 0 Å². The summed E-state index contributed by atoms with van der Waals surface area (Å²) in [7, 11) is 0. The van der Waals surface area contributed by atoms with Gasteiger partial charge in [0.05, 0.1) is 12.5 Å². The standard InChI is InChI=1S/C15H23N3/c1-15(2,3)17-11-13-18(12-7-10-16)14-8-5-4-6-9-14/h4-6,8-9,17H,7,11-13H2,1-3H3. The Labute approximate surface area is 110 Å². The molecule has 1 rings (SSSR count). The number of hydrogen-bond donors (Lipinski definition) is 1. The van der Waals surface area contributed by atoms with Gasteiger partial charge in [0.25, 0.3) is 0 Å². The molecule has 1 N–H and O–H groups in total. The average molecular weight is 245 g/mol. The van der Waals surface area contributed by atoms with Crippen LogP contribution in [0.5, 0.6) is 0 Å². The van der Waals surface area contributed by atoms with Crippen LogP contribution in [0.15, 0.2) is 30.3 Å². The second-order valence-corrected chi connectivity index (χ2v) is 5.41. The van der Waals surface area contributed by atoms with E-state index in [-0.39, 0.29) is 5.54 Å². The van der Waals surface area contributed by atoms with Gasteiger partial charge in [0.15, 0.2) is 0 Å². The Morgan fingerprint density at radius 2 is 1.83 bits per heavy atom. The summed E-state index contributed by atoms with van der Waals surface area (Å²) in [5, 5.41) is 12.2. The average Bonchev–Trinajstić information content (AvgIpc) is 2.33. The molecule has 0 fully saturated rings. The van der Waals surface area contributed by atoms with Crippen molar-refractivity contribution in [3.8, 4) is 6.07 Å². The van der Waals surface area contributed by atoms with E-state index < -0.39 is 0 Å². The van der Waals surface area contributed by atoms with E-state index >= 15 is 0 Å². The third kappa shape index (κ3) is 5.70. The van der Waals surface area contributed by atoms with Gasteiger partial charge in [0, 0.05) is 30.9 Å². The Kier molecular flexibility index (Phi) is 5.67. The fourth-order valence-corrected chi connectivity index (χ4v) is 1.76. The molecule has 0 aliphatic carbocycles. The highest BCUT2D eigenvalue weighted by molar-refractivity contribution is 5.46. The lowest BCUT2D eigenvalue weighted by Crippen LogP contribution is -2.41. The van der Waals surface area contributed by atoms with Crippen LogP contribution in [-0.2, 0) is 0 Å². The summed E-state index contributed by atoms with van der Waals surface area (Å²) >= 11 is 0. The van der Waals surface area contributed by atoms with Crippen LogP contribution in [0.2, 0.25) is 0 Å². The first-order chi connectivity index (χ1) is 8.53. The smallest absolute Gasteiger partial charge is 0.0640 e. The van der Waals surface area contributed by atoms with E-state index in [0.717, 1.165) is 19.6 Å². The molecule has 0 unspecified atom stereocenters. The lowest BCUT2D eigenvalue weighted by atomic mass is 10.1. The minimum atomic E-state index is 0.136. The second-order valence-electron chi connectivity index (χ2n) is 5.41. The summed E-state index contributed by atoms with van der Waals surface area (Å²) in [4.78, 5) is 2.25. The lowest BCUT2D eigenvalue weighted by molar-refractivity contribution is 0.429. The molecule has 98 valence electrons. The van der Waals surface area contributed by atoms with Crippen molar-refractivity contribution in [2.24, 2.45) is 0 Å². The van der Waals surface area contributed by atoms with Crippen LogP contribution in [0.4, 0.5) is 5.69 Å². The zero-order chi connectivity index (χ0) is 13.4. The summed E-state index contributed by atoms with van der Waals surface area (Å²) in [5.41, 5.74) is 1.32. The second kappa shape index (κ2) is 7.03. The molecule has 0 heterocycles. The Bertz CT molecular complexity index is 373. The molecule has 0 spiro atoms. The quantitative estimate of drug-likeness (QED) is 0.837. The maximum Gasteiger partial charge on any atom is 0.0640 e. The molecule has 3 heteroatoms. The lowest BCUT2D eigenvalue weighted by Gasteiger charge is -2.27. The van der Waals surface area contributed by atoms with Crippen molar-refractivity contribution >= 4 is 5.69 Å². The molecule has 0 saturated heterocycles. The number of hydrogen-bond acceptors (Lipinski definition) is 3. The first-order valence-electron chi connectivity index (χ1n) is 6.45. The molecular weight excluding hydrogens is 222 g/mol. The molecule has 0 aliphatic heterocycles. The van der Waals surface area contributed by atoms with Gasteiger partial charge in [-0.1, -0.05) is 18.2 Å². The topological polar surface area (TPSA) is 39.1 Å². The Balaban J connectivity index is 2.54. The van der Waals surface area contributed by atoms with E-state index in [0.29, 0.717) is 6.42 Å². The Morgan fingerprint density at radius 3 is 2.39 bits per heavy atom. The third-order valence-corrected chi connectivity index (χ3v) is 2.65. The van der Waals surface area contributed by atoms with Crippen LogP contribution in [-0.4, -0.2) is 25.2 Å². The van der Waals surface area contributed by atoms with E-state index in [1.807, 2.05) is 18.2 Å². The fourth-order valence-electron chi connectivity index (χ4n) is 1.76. The Hall–Kier alpha value is -1.53. The summed E-state index contributed by atoms with van der Waals surface area (Å²) in [6, 6.07) is 12.5. The highest BCUT2D eigenvalue weighted by Crippen LogP contribution is 2.13. The molecule has 0 radical (unpaired) electrons. The van der Waals surface area contributed by atoms with Crippen molar-refractivity contribution in [3.63, 3.8) is 0 Å². The van der Waals surface area contributed by atoms with Gasteiger partial charge >= 0.3 is 0 Å². The van der Waals surface area contributed by atoms with Crippen LogP contribution in [0, 0.1) is 11.3 Å². The summed E-state index contributed by atoms with van der Waals surface area (Å²) in [6.45, 7) is 9.11. The van der Waals surface area contributed by atoms with Gasteiger partial charge in [-0.15, -0.1) is 0 Å². The number of anilines is 1. The summed E-state index contributed by atoms with van der Waals surface area (Å²) < 4.78 is 0. The number of para-hydroxylation sites is 1. The van der Waals surface area contributed by atoms with Gasteiger partial charge in [-0.3, -0.25) is 0 Å². The minimum absolute atomic E-state index is 0.136. The van der Waals surface area contributed by atoms with E-state index in [4.69, 9.17) is 5.26 Å². The van der Waals surface area contributed by atoms with Crippen LogP contribution in [0.3, 0.4) is 0 Å². The van der Waals surface area contributed by atoms with Crippen molar-refractivity contribution < 1.29 is 0 Å². The third-order valence-electron chi connectivity index (χ3n) is 2.65. The Morgan fingerprint density at radius 1 is 1.17 bits per heavy atom.